The molecule has 1 saturated heterocycles. The van der Waals surface area contributed by atoms with Crippen molar-refractivity contribution in [1.29, 1.82) is 0 Å². The molecular formula is C21H23N3O2S. The van der Waals surface area contributed by atoms with Gasteiger partial charge in [-0.1, -0.05) is 35.9 Å². The fourth-order valence-corrected chi connectivity index (χ4v) is 5.24. The van der Waals surface area contributed by atoms with E-state index in [1.807, 2.05) is 56.3 Å². The smallest absolute Gasteiger partial charge is 0.243 e. The number of aryl methyl sites for hydroxylation is 2. The molecule has 3 aromatic rings. The standard InChI is InChI=1S/C21H23N3O2S/c1-16-7-9-20(17(2)15-16)27(25,26)24-13-11-23(12-14-24)21-10-8-18-5-3-4-6-19(18)22-21/h3-10,15H,11-14H2,1-2H3. The molecule has 0 spiro atoms. The second-order valence-corrected chi connectivity index (χ2v) is 8.93. The zero-order valence-corrected chi connectivity index (χ0v) is 16.4. The summed E-state index contributed by atoms with van der Waals surface area (Å²) in [7, 11) is -3.46. The molecule has 5 nitrogen and oxygen atoms in total. The van der Waals surface area contributed by atoms with E-state index in [-0.39, 0.29) is 0 Å². The van der Waals surface area contributed by atoms with Gasteiger partial charge in [0.2, 0.25) is 10.0 Å². The maximum Gasteiger partial charge on any atom is 0.243 e. The summed E-state index contributed by atoms with van der Waals surface area (Å²) in [5, 5.41) is 1.11. The number of pyridine rings is 1. The van der Waals surface area contributed by atoms with Crippen LogP contribution in [-0.2, 0) is 10.0 Å². The third-order valence-electron chi connectivity index (χ3n) is 5.09. The van der Waals surface area contributed by atoms with E-state index in [0.717, 1.165) is 27.8 Å². The topological polar surface area (TPSA) is 53.5 Å². The quantitative estimate of drug-likeness (QED) is 0.698. The van der Waals surface area contributed by atoms with Gasteiger partial charge in [0.25, 0.3) is 0 Å². The maximum absolute atomic E-state index is 13.0. The monoisotopic (exact) mass is 381 g/mol. The van der Waals surface area contributed by atoms with Crippen LogP contribution < -0.4 is 4.90 Å². The summed E-state index contributed by atoms with van der Waals surface area (Å²) in [4.78, 5) is 7.29. The van der Waals surface area contributed by atoms with Crippen LogP contribution in [0.4, 0.5) is 5.82 Å². The normalized spacial score (nSPS) is 16.0. The molecule has 0 radical (unpaired) electrons. The summed E-state index contributed by atoms with van der Waals surface area (Å²) < 4.78 is 27.6. The van der Waals surface area contributed by atoms with Crippen molar-refractivity contribution in [2.45, 2.75) is 18.7 Å². The van der Waals surface area contributed by atoms with Crippen LogP contribution in [0.3, 0.4) is 0 Å². The molecule has 1 aliphatic rings. The van der Waals surface area contributed by atoms with Crippen LogP contribution in [0, 0.1) is 13.8 Å². The Morgan fingerprint density at radius 2 is 1.63 bits per heavy atom. The van der Waals surface area contributed by atoms with Gasteiger partial charge in [0.1, 0.15) is 5.82 Å². The molecule has 1 fully saturated rings. The van der Waals surface area contributed by atoms with Crippen molar-refractivity contribution in [1.82, 2.24) is 9.29 Å². The van der Waals surface area contributed by atoms with Gasteiger partial charge < -0.3 is 4.90 Å². The first kappa shape index (κ1) is 17.9. The highest BCUT2D eigenvalue weighted by Gasteiger charge is 2.30. The second-order valence-electron chi connectivity index (χ2n) is 7.02. The SMILES string of the molecule is Cc1ccc(S(=O)(=O)N2CCN(c3ccc4ccccc4n3)CC2)c(C)c1. The van der Waals surface area contributed by atoms with Gasteiger partial charge in [-0.15, -0.1) is 0 Å². The lowest BCUT2D eigenvalue weighted by molar-refractivity contribution is 0.383. The molecule has 140 valence electrons. The minimum atomic E-state index is -3.46. The lowest BCUT2D eigenvalue weighted by atomic mass is 10.2. The molecule has 4 rings (SSSR count). The Balaban J connectivity index is 1.52. The van der Waals surface area contributed by atoms with E-state index < -0.39 is 10.0 Å². The van der Waals surface area contributed by atoms with Crippen molar-refractivity contribution in [3.63, 3.8) is 0 Å². The number of fused-ring (bicyclic) bond motifs is 1. The lowest BCUT2D eigenvalue weighted by Crippen LogP contribution is -2.49. The number of hydrogen-bond acceptors (Lipinski definition) is 4. The number of para-hydroxylation sites is 1. The molecule has 27 heavy (non-hydrogen) atoms. The predicted molar refractivity (Wildman–Crippen MR) is 109 cm³/mol. The van der Waals surface area contributed by atoms with E-state index >= 15 is 0 Å². The van der Waals surface area contributed by atoms with Crippen LogP contribution in [0.5, 0.6) is 0 Å². The van der Waals surface area contributed by atoms with Crippen molar-refractivity contribution >= 4 is 26.7 Å². The molecular weight excluding hydrogens is 358 g/mol. The van der Waals surface area contributed by atoms with Crippen molar-refractivity contribution in [3.8, 4) is 0 Å². The summed E-state index contributed by atoms with van der Waals surface area (Å²) in [5.41, 5.74) is 2.83. The van der Waals surface area contributed by atoms with Crippen LogP contribution in [-0.4, -0.2) is 43.9 Å². The van der Waals surface area contributed by atoms with Gasteiger partial charge in [-0.3, -0.25) is 0 Å². The van der Waals surface area contributed by atoms with Crippen molar-refractivity contribution in [3.05, 3.63) is 65.7 Å². The molecule has 1 aromatic heterocycles. The van der Waals surface area contributed by atoms with Crippen LogP contribution in [0.25, 0.3) is 10.9 Å². The van der Waals surface area contributed by atoms with Gasteiger partial charge >= 0.3 is 0 Å². The molecule has 0 N–H and O–H groups in total. The summed E-state index contributed by atoms with van der Waals surface area (Å²) in [6, 6.07) is 17.6. The molecule has 6 heteroatoms. The molecule has 2 aromatic carbocycles. The van der Waals surface area contributed by atoms with Gasteiger partial charge in [-0.2, -0.15) is 4.31 Å². The van der Waals surface area contributed by atoms with Crippen molar-refractivity contribution < 1.29 is 8.42 Å². The van der Waals surface area contributed by atoms with Crippen LogP contribution in [0.15, 0.2) is 59.5 Å². The number of sulfonamides is 1. The average Bonchev–Trinajstić information content (AvgIpc) is 2.67. The average molecular weight is 382 g/mol. The summed E-state index contributed by atoms with van der Waals surface area (Å²) >= 11 is 0. The largest absolute Gasteiger partial charge is 0.354 e. The number of rotatable bonds is 3. The molecule has 0 atom stereocenters. The number of anilines is 1. The molecule has 0 bridgehead atoms. The van der Waals surface area contributed by atoms with Gasteiger partial charge in [-0.25, -0.2) is 13.4 Å². The first-order chi connectivity index (χ1) is 12.9. The fourth-order valence-electron chi connectivity index (χ4n) is 3.62. The Morgan fingerprint density at radius 3 is 2.37 bits per heavy atom. The lowest BCUT2D eigenvalue weighted by Gasteiger charge is -2.35. The highest BCUT2D eigenvalue weighted by Crippen LogP contribution is 2.24. The van der Waals surface area contributed by atoms with Crippen LogP contribution in [0.2, 0.25) is 0 Å². The Labute approximate surface area is 160 Å². The highest BCUT2D eigenvalue weighted by atomic mass is 32.2. The zero-order valence-electron chi connectivity index (χ0n) is 15.6. The Kier molecular flexibility index (Phi) is 4.61. The zero-order chi connectivity index (χ0) is 19.0. The minimum Gasteiger partial charge on any atom is -0.354 e. The first-order valence-electron chi connectivity index (χ1n) is 9.13. The van der Waals surface area contributed by atoms with Gasteiger partial charge in [0.05, 0.1) is 10.4 Å². The fraction of sp³-hybridized carbons (Fsp3) is 0.286. The minimum absolute atomic E-state index is 0.408. The molecule has 2 heterocycles. The molecule has 0 aliphatic carbocycles. The third-order valence-corrected chi connectivity index (χ3v) is 7.15. The predicted octanol–water partition coefficient (Wildman–Crippen LogP) is 3.36. The summed E-state index contributed by atoms with van der Waals surface area (Å²) in [6.07, 6.45) is 0. The number of nitrogens with zero attached hydrogens (tertiary/aromatic N) is 3. The number of benzene rings is 2. The van der Waals surface area contributed by atoms with Crippen LogP contribution in [0.1, 0.15) is 11.1 Å². The number of piperazine rings is 1. The Hall–Kier alpha value is -2.44. The van der Waals surface area contributed by atoms with E-state index in [1.54, 1.807) is 10.4 Å². The van der Waals surface area contributed by atoms with Crippen LogP contribution >= 0.6 is 0 Å². The molecule has 0 amide bonds. The molecule has 0 unspecified atom stereocenters. The molecule has 1 aliphatic heterocycles. The number of hydrogen-bond donors (Lipinski definition) is 0. The summed E-state index contributed by atoms with van der Waals surface area (Å²) in [5.74, 6) is 0.900. The van der Waals surface area contributed by atoms with Crippen molar-refractivity contribution in [2.24, 2.45) is 0 Å². The Bertz CT molecular complexity index is 1090. The Morgan fingerprint density at radius 1 is 0.889 bits per heavy atom. The second kappa shape index (κ2) is 6.94. The van der Waals surface area contributed by atoms with Gasteiger partial charge in [-0.05, 0) is 43.7 Å². The first-order valence-corrected chi connectivity index (χ1v) is 10.6. The maximum atomic E-state index is 13.0. The van der Waals surface area contributed by atoms with E-state index in [4.69, 9.17) is 4.98 Å². The highest BCUT2D eigenvalue weighted by molar-refractivity contribution is 7.89. The van der Waals surface area contributed by atoms with Crippen molar-refractivity contribution in [2.75, 3.05) is 31.1 Å². The van der Waals surface area contributed by atoms with E-state index in [9.17, 15) is 8.42 Å². The van der Waals surface area contributed by atoms with E-state index in [1.165, 1.54) is 0 Å². The van der Waals surface area contributed by atoms with Gasteiger partial charge in [0.15, 0.2) is 0 Å². The van der Waals surface area contributed by atoms with Gasteiger partial charge in [0, 0.05) is 31.6 Å². The summed E-state index contributed by atoms with van der Waals surface area (Å²) in [6.45, 7) is 6.02. The number of aromatic nitrogens is 1. The van der Waals surface area contributed by atoms with E-state index in [2.05, 4.69) is 11.0 Å². The molecule has 0 saturated carbocycles. The third kappa shape index (κ3) is 3.42. The van der Waals surface area contributed by atoms with E-state index in [0.29, 0.717) is 31.1 Å².